The van der Waals surface area contributed by atoms with Gasteiger partial charge in [-0.05, 0) is 24.0 Å². The van der Waals surface area contributed by atoms with Gasteiger partial charge in [-0.15, -0.1) is 0 Å². The van der Waals surface area contributed by atoms with Gasteiger partial charge in [0.25, 0.3) is 0 Å². The minimum absolute atomic E-state index is 0.801. The Morgan fingerprint density at radius 3 is 2.38 bits per heavy atom. The molecule has 1 heteroatoms. The maximum atomic E-state index is 3.60. The van der Waals surface area contributed by atoms with Crippen molar-refractivity contribution in [1.29, 1.82) is 0 Å². The lowest BCUT2D eigenvalue weighted by atomic mass is 10.0. The van der Waals surface area contributed by atoms with Gasteiger partial charge in [0.15, 0.2) is 0 Å². The van der Waals surface area contributed by atoms with Crippen molar-refractivity contribution in [2.75, 3.05) is 11.9 Å². The summed E-state index contributed by atoms with van der Waals surface area (Å²) >= 11 is 0. The van der Waals surface area contributed by atoms with E-state index in [1.54, 1.807) is 0 Å². The standard InChI is InChI=1S/C15H25N/c1-4-9-14-10-7-8-11-15(14)16-12-13(5-2)6-3/h7-8,10-11,13,16H,4-6,9,12H2,1-3H3. The number of para-hydroxylation sites is 1. The molecule has 1 aromatic rings. The van der Waals surface area contributed by atoms with Gasteiger partial charge in [0.05, 0.1) is 0 Å². The highest BCUT2D eigenvalue weighted by atomic mass is 14.9. The summed E-state index contributed by atoms with van der Waals surface area (Å²) in [7, 11) is 0. The lowest BCUT2D eigenvalue weighted by Gasteiger charge is -2.16. The second kappa shape index (κ2) is 7.32. The van der Waals surface area contributed by atoms with Crippen LogP contribution in [0.15, 0.2) is 24.3 Å². The largest absolute Gasteiger partial charge is 0.385 e. The summed E-state index contributed by atoms with van der Waals surface area (Å²) in [5.41, 5.74) is 2.78. The molecular weight excluding hydrogens is 194 g/mol. The van der Waals surface area contributed by atoms with Crippen LogP contribution in [-0.4, -0.2) is 6.54 Å². The molecule has 90 valence electrons. The highest BCUT2D eigenvalue weighted by Gasteiger charge is 2.04. The third kappa shape index (κ3) is 3.88. The molecular formula is C15H25N. The monoisotopic (exact) mass is 219 g/mol. The minimum Gasteiger partial charge on any atom is -0.385 e. The molecule has 0 saturated heterocycles. The van der Waals surface area contributed by atoms with Gasteiger partial charge in [0.2, 0.25) is 0 Å². The summed E-state index contributed by atoms with van der Waals surface area (Å²) in [6.07, 6.45) is 4.91. The molecule has 0 aliphatic rings. The zero-order valence-corrected chi connectivity index (χ0v) is 10.9. The van der Waals surface area contributed by atoms with Gasteiger partial charge < -0.3 is 5.32 Å². The summed E-state index contributed by atoms with van der Waals surface area (Å²) in [5, 5.41) is 3.60. The highest BCUT2D eigenvalue weighted by molar-refractivity contribution is 5.51. The zero-order valence-electron chi connectivity index (χ0n) is 10.9. The first-order valence-electron chi connectivity index (χ1n) is 6.63. The third-order valence-electron chi connectivity index (χ3n) is 3.27. The molecule has 1 nitrogen and oxygen atoms in total. The predicted molar refractivity (Wildman–Crippen MR) is 73.0 cm³/mol. The van der Waals surface area contributed by atoms with Crippen LogP contribution in [0.3, 0.4) is 0 Å². The number of hydrogen-bond donors (Lipinski definition) is 1. The Morgan fingerprint density at radius 2 is 1.75 bits per heavy atom. The van der Waals surface area contributed by atoms with Gasteiger partial charge in [0, 0.05) is 12.2 Å². The van der Waals surface area contributed by atoms with Crippen LogP contribution in [0.25, 0.3) is 0 Å². The Bertz CT molecular complexity index is 289. The molecule has 0 heterocycles. The second-order valence-electron chi connectivity index (χ2n) is 4.47. The molecule has 0 aliphatic carbocycles. The van der Waals surface area contributed by atoms with Crippen molar-refractivity contribution in [3.05, 3.63) is 29.8 Å². The Balaban J connectivity index is 2.58. The Hall–Kier alpha value is -0.980. The fraction of sp³-hybridized carbons (Fsp3) is 0.600. The van der Waals surface area contributed by atoms with E-state index in [2.05, 4.69) is 50.4 Å². The van der Waals surface area contributed by atoms with Crippen LogP contribution in [0.2, 0.25) is 0 Å². The van der Waals surface area contributed by atoms with E-state index >= 15 is 0 Å². The fourth-order valence-electron chi connectivity index (χ4n) is 2.01. The lowest BCUT2D eigenvalue weighted by Crippen LogP contribution is -2.13. The van der Waals surface area contributed by atoms with E-state index in [-0.39, 0.29) is 0 Å². The SMILES string of the molecule is CCCc1ccccc1NCC(CC)CC. The smallest absolute Gasteiger partial charge is 0.0372 e. The van der Waals surface area contributed by atoms with Crippen molar-refractivity contribution < 1.29 is 0 Å². The number of nitrogens with one attached hydrogen (secondary N) is 1. The van der Waals surface area contributed by atoms with E-state index in [1.807, 2.05) is 0 Å². The summed E-state index contributed by atoms with van der Waals surface area (Å²) in [6, 6.07) is 8.69. The second-order valence-corrected chi connectivity index (χ2v) is 4.47. The van der Waals surface area contributed by atoms with Gasteiger partial charge in [-0.1, -0.05) is 58.2 Å². The summed E-state index contributed by atoms with van der Waals surface area (Å²) in [6.45, 7) is 7.88. The minimum atomic E-state index is 0.801. The van der Waals surface area contributed by atoms with Crippen LogP contribution in [0, 0.1) is 5.92 Å². The molecule has 16 heavy (non-hydrogen) atoms. The van der Waals surface area contributed by atoms with Crippen molar-refractivity contribution in [2.24, 2.45) is 5.92 Å². The zero-order chi connectivity index (χ0) is 11.8. The van der Waals surface area contributed by atoms with Gasteiger partial charge in [0.1, 0.15) is 0 Å². The number of aryl methyl sites for hydroxylation is 1. The Morgan fingerprint density at radius 1 is 1.06 bits per heavy atom. The Kier molecular flexibility index (Phi) is 5.99. The molecule has 1 N–H and O–H groups in total. The predicted octanol–water partition coefficient (Wildman–Crippen LogP) is 4.49. The third-order valence-corrected chi connectivity index (χ3v) is 3.27. The van der Waals surface area contributed by atoms with Crippen LogP contribution in [0.1, 0.15) is 45.6 Å². The quantitative estimate of drug-likeness (QED) is 0.712. The maximum Gasteiger partial charge on any atom is 0.0372 e. The molecule has 0 saturated carbocycles. The number of rotatable bonds is 7. The molecule has 0 amide bonds. The molecule has 0 aromatic heterocycles. The van der Waals surface area contributed by atoms with Crippen LogP contribution >= 0.6 is 0 Å². The number of anilines is 1. The Labute approximate surface area is 100 Å². The van der Waals surface area contributed by atoms with E-state index in [1.165, 1.54) is 36.9 Å². The van der Waals surface area contributed by atoms with Crippen molar-refractivity contribution >= 4 is 5.69 Å². The molecule has 0 unspecified atom stereocenters. The average Bonchev–Trinajstić information content (AvgIpc) is 2.33. The highest BCUT2D eigenvalue weighted by Crippen LogP contribution is 2.18. The summed E-state index contributed by atoms with van der Waals surface area (Å²) < 4.78 is 0. The number of hydrogen-bond acceptors (Lipinski definition) is 1. The van der Waals surface area contributed by atoms with Crippen LogP contribution in [-0.2, 0) is 6.42 Å². The van der Waals surface area contributed by atoms with Crippen molar-refractivity contribution in [1.82, 2.24) is 0 Å². The maximum absolute atomic E-state index is 3.60. The summed E-state index contributed by atoms with van der Waals surface area (Å²) in [4.78, 5) is 0. The molecule has 1 rings (SSSR count). The van der Waals surface area contributed by atoms with Crippen molar-refractivity contribution in [3.8, 4) is 0 Å². The van der Waals surface area contributed by atoms with Gasteiger partial charge in [-0.3, -0.25) is 0 Å². The molecule has 0 bridgehead atoms. The first kappa shape index (κ1) is 13.1. The van der Waals surface area contributed by atoms with Crippen LogP contribution in [0.4, 0.5) is 5.69 Å². The molecule has 0 atom stereocenters. The normalized spacial score (nSPS) is 10.8. The van der Waals surface area contributed by atoms with Crippen LogP contribution < -0.4 is 5.32 Å². The average molecular weight is 219 g/mol. The van der Waals surface area contributed by atoms with E-state index < -0.39 is 0 Å². The van der Waals surface area contributed by atoms with E-state index in [0.717, 1.165) is 12.5 Å². The van der Waals surface area contributed by atoms with E-state index in [0.29, 0.717) is 0 Å². The van der Waals surface area contributed by atoms with Crippen LogP contribution in [0.5, 0.6) is 0 Å². The van der Waals surface area contributed by atoms with Crippen molar-refractivity contribution in [3.63, 3.8) is 0 Å². The fourth-order valence-corrected chi connectivity index (χ4v) is 2.01. The molecule has 0 aliphatic heterocycles. The number of benzene rings is 1. The molecule has 0 spiro atoms. The molecule has 0 fully saturated rings. The first-order valence-corrected chi connectivity index (χ1v) is 6.63. The van der Waals surface area contributed by atoms with Gasteiger partial charge in [-0.25, -0.2) is 0 Å². The summed E-state index contributed by atoms with van der Waals surface area (Å²) in [5.74, 6) is 0.801. The van der Waals surface area contributed by atoms with E-state index in [9.17, 15) is 0 Å². The van der Waals surface area contributed by atoms with Gasteiger partial charge >= 0.3 is 0 Å². The van der Waals surface area contributed by atoms with E-state index in [4.69, 9.17) is 0 Å². The molecule has 1 aromatic carbocycles. The lowest BCUT2D eigenvalue weighted by molar-refractivity contribution is 0.519. The van der Waals surface area contributed by atoms with Crippen molar-refractivity contribution in [2.45, 2.75) is 46.5 Å². The molecule has 0 radical (unpaired) electrons. The first-order chi connectivity index (χ1) is 7.81. The van der Waals surface area contributed by atoms with Gasteiger partial charge in [-0.2, -0.15) is 0 Å². The topological polar surface area (TPSA) is 12.0 Å².